The summed E-state index contributed by atoms with van der Waals surface area (Å²) in [5, 5.41) is 4.19. The number of allylic oxidation sites excluding steroid dienone is 1. The number of carbonyl (C=O) groups is 1. The molecule has 1 atom stereocenters. The van der Waals surface area contributed by atoms with Crippen molar-refractivity contribution >= 4 is 23.5 Å². The number of ketones is 1. The molecule has 2 nitrogen and oxygen atoms in total. The van der Waals surface area contributed by atoms with Crippen molar-refractivity contribution in [3.8, 4) is 0 Å². The van der Waals surface area contributed by atoms with Gasteiger partial charge in [0, 0.05) is 24.0 Å². The number of halogens is 1. The lowest BCUT2D eigenvalue weighted by Crippen LogP contribution is -2.23. The molecule has 0 aliphatic carbocycles. The zero-order valence-electron chi connectivity index (χ0n) is 15.0. The summed E-state index contributed by atoms with van der Waals surface area (Å²) in [6.45, 7) is 0.698. The minimum absolute atomic E-state index is 0.0737. The van der Waals surface area contributed by atoms with Crippen molar-refractivity contribution < 1.29 is 4.79 Å². The van der Waals surface area contributed by atoms with E-state index < -0.39 is 0 Å². The largest absolute Gasteiger partial charge is 0.305 e. The third-order valence-corrected chi connectivity index (χ3v) is 4.59. The number of hydrogen-bond acceptors (Lipinski definition) is 2. The van der Waals surface area contributed by atoms with Crippen molar-refractivity contribution in [3.05, 3.63) is 113 Å². The van der Waals surface area contributed by atoms with Crippen LogP contribution in [-0.2, 0) is 11.3 Å². The van der Waals surface area contributed by atoms with Crippen LogP contribution < -0.4 is 5.32 Å². The van der Waals surface area contributed by atoms with E-state index in [9.17, 15) is 4.79 Å². The molecule has 0 aliphatic heterocycles. The fourth-order valence-corrected chi connectivity index (χ4v) is 2.99. The Hall–Kier alpha value is -2.68. The highest BCUT2D eigenvalue weighted by Crippen LogP contribution is 2.21. The summed E-state index contributed by atoms with van der Waals surface area (Å²) in [5.74, 6) is 0.0827. The quantitative estimate of drug-likeness (QED) is 0.501. The van der Waals surface area contributed by atoms with E-state index in [1.165, 1.54) is 5.56 Å². The molecule has 0 fully saturated rings. The minimum Gasteiger partial charge on any atom is -0.305 e. The summed E-state index contributed by atoms with van der Waals surface area (Å²) in [7, 11) is 0. The van der Waals surface area contributed by atoms with Crippen LogP contribution in [0.3, 0.4) is 0 Å². The van der Waals surface area contributed by atoms with Crippen molar-refractivity contribution in [1.82, 2.24) is 5.32 Å². The first-order chi connectivity index (χ1) is 13.2. The lowest BCUT2D eigenvalue weighted by atomic mass is 10.0. The van der Waals surface area contributed by atoms with Gasteiger partial charge >= 0.3 is 0 Å². The highest BCUT2D eigenvalue weighted by Gasteiger charge is 2.14. The number of hydrogen-bond donors (Lipinski definition) is 1. The third kappa shape index (κ3) is 6.21. The maximum absolute atomic E-state index is 12.5. The standard InChI is InChI=1S/C24H22ClNO/c25-22-14-12-21(13-15-22)24(26-18-20-9-5-2-6-10-20)17-23(27)16-11-19-7-3-1-4-8-19/h1-16,24,26H,17-18H2/b16-11+. The second-order valence-electron chi connectivity index (χ2n) is 6.39. The molecule has 1 N–H and O–H groups in total. The van der Waals surface area contributed by atoms with Gasteiger partial charge in [0.2, 0.25) is 0 Å². The van der Waals surface area contributed by atoms with Crippen LogP contribution in [0.1, 0.15) is 29.2 Å². The molecule has 0 heterocycles. The fourth-order valence-electron chi connectivity index (χ4n) is 2.86. The average Bonchev–Trinajstić information content (AvgIpc) is 2.72. The Bertz CT molecular complexity index is 873. The Morgan fingerprint density at radius 3 is 2.19 bits per heavy atom. The zero-order chi connectivity index (χ0) is 18.9. The van der Waals surface area contributed by atoms with E-state index in [4.69, 9.17) is 11.6 Å². The molecule has 3 heteroatoms. The van der Waals surface area contributed by atoms with Crippen LogP contribution in [0.2, 0.25) is 5.02 Å². The van der Waals surface area contributed by atoms with E-state index in [1.807, 2.05) is 78.9 Å². The van der Waals surface area contributed by atoms with Gasteiger partial charge in [-0.2, -0.15) is 0 Å². The van der Waals surface area contributed by atoms with Gasteiger partial charge in [-0.15, -0.1) is 0 Å². The summed E-state index contributed by atoms with van der Waals surface area (Å²) >= 11 is 6.01. The van der Waals surface area contributed by atoms with E-state index >= 15 is 0 Å². The number of benzene rings is 3. The van der Waals surface area contributed by atoms with Crippen molar-refractivity contribution in [2.45, 2.75) is 19.0 Å². The van der Waals surface area contributed by atoms with Crippen LogP contribution in [0.4, 0.5) is 0 Å². The number of rotatable bonds is 8. The molecule has 3 aromatic rings. The average molecular weight is 376 g/mol. The second kappa shape index (κ2) is 9.86. The molecule has 27 heavy (non-hydrogen) atoms. The molecule has 0 radical (unpaired) electrons. The predicted molar refractivity (Wildman–Crippen MR) is 113 cm³/mol. The molecule has 3 aromatic carbocycles. The molecule has 0 saturated heterocycles. The van der Waals surface area contributed by atoms with Gasteiger partial charge in [-0.3, -0.25) is 4.79 Å². The second-order valence-corrected chi connectivity index (χ2v) is 6.82. The Balaban J connectivity index is 1.69. The van der Waals surface area contributed by atoms with Gasteiger partial charge in [-0.05, 0) is 34.9 Å². The maximum Gasteiger partial charge on any atom is 0.157 e. The van der Waals surface area contributed by atoms with E-state index in [0.717, 1.165) is 11.1 Å². The van der Waals surface area contributed by atoms with E-state index in [1.54, 1.807) is 6.08 Å². The monoisotopic (exact) mass is 375 g/mol. The third-order valence-electron chi connectivity index (χ3n) is 4.33. The normalized spacial score (nSPS) is 12.2. The fraction of sp³-hybridized carbons (Fsp3) is 0.125. The van der Waals surface area contributed by atoms with Crippen LogP contribution in [0.25, 0.3) is 6.08 Å². The van der Waals surface area contributed by atoms with Gasteiger partial charge in [0.1, 0.15) is 0 Å². The van der Waals surface area contributed by atoms with Crippen LogP contribution in [0.5, 0.6) is 0 Å². The summed E-state index contributed by atoms with van der Waals surface area (Å²) < 4.78 is 0. The Labute approximate surface area is 165 Å². The molecule has 3 rings (SSSR count). The predicted octanol–water partition coefficient (Wildman–Crippen LogP) is 5.84. The van der Waals surface area contributed by atoms with Crippen LogP contribution in [0, 0.1) is 0 Å². The molecule has 0 bridgehead atoms. The molecule has 136 valence electrons. The molecule has 0 saturated carbocycles. The van der Waals surface area contributed by atoms with Gasteiger partial charge in [0.25, 0.3) is 0 Å². The number of carbonyl (C=O) groups excluding carboxylic acids is 1. The topological polar surface area (TPSA) is 29.1 Å². The highest BCUT2D eigenvalue weighted by molar-refractivity contribution is 6.30. The van der Waals surface area contributed by atoms with Crippen LogP contribution in [-0.4, -0.2) is 5.78 Å². The molecule has 0 aromatic heterocycles. The molecule has 0 aliphatic rings. The van der Waals surface area contributed by atoms with Crippen molar-refractivity contribution in [2.24, 2.45) is 0 Å². The first kappa shape index (κ1) is 19.1. The first-order valence-electron chi connectivity index (χ1n) is 8.99. The highest BCUT2D eigenvalue weighted by atomic mass is 35.5. The molecule has 0 spiro atoms. The lowest BCUT2D eigenvalue weighted by Gasteiger charge is -2.18. The Morgan fingerprint density at radius 1 is 0.889 bits per heavy atom. The van der Waals surface area contributed by atoms with E-state index in [0.29, 0.717) is 18.0 Å². The van der Waals surface area contributed by atoms with Gasteiger partial charge in [0.05, 0.1) is 0 Å². The SMILES string of the molecule is O=C(/C=C/c1ccccc1)CC(NCc1ccccc1)c1ccc(Cl)cc1. The van der Waals surface area contributed by atoms with Crippen molar-refractivity contribution in [1.29, 1.82) is 0 Å². The minimum atomic E-state index is -0.0737. The molecule has 1 unspecified atom stereocenters. The van der Waals surface area contributed by atoms with Crippen LogP contribution in [0.15, 0.2) is 91.0 Å². The van der Waals surface area contributed by atoms with Gasteiger partial charge in [0.15, 0.2) is 5.78 Å². The van der Waals surface area contributed by atoms with Crippen molar-refractivity contribution in [3.63, 3.8) is 0 Å². The Morgan fingerprint density at radius 2 is 1.52 bits per heavy atom. The molecular weight excluding hydrogens is 354 g/mol. The summed E-state index contributed by atoms with van der Waals surface area (Å²) in [5.41, 5.74) is 3.26. The zero-order valence-corrected chi connectivity index (χ0v) is 15.8. The lowest BCUT2D eigenvalue weighted by molar-refractivity contribution is -0.115. The number of nitrogens with one attached hydrogen (secondary N) is 1. The van der Waals surface area contributed by atoms with Gasteiger partial charge < -0.3 is 5.32 Å². The summed E-state index contributed by atoms with van der Waals surface area (Å²) in [4.78, 5) is 12.5. The molecular formula is C24H22ClNO. The maximum atomic E-state index is 12.5. The van der Waals surface area contributed by atoms with Gasteiger partial charge in [-0.25, -0.2) is 0 Å². The Kier molecular flexibility index (Phi) is 6.97. The smallest absolute Gasteiger partial charge is 0.157 e. The van der Waals surface area contributed by atoms with E-state index in [-0.39, 0.29) is 11.8 Å². The van der Waals surface area contributed by atoms with Crippen LogP contribution >= 0.6 is 11.6 Å². The first-order valence-corrected chi connectivity index (χ1v) is 9.37. The summed E-state index contributed by atoms with van der Waals surface area (Å²) in [6.07, 6.45) is 3.90. The van der Waals surface area contributed by atoms with E-state index in [2.05, 4.69) is 17.4 Å². The van der Waals surface area contributed by atoms with Gasteiger partial charge in [-0.1, -0.05) is 90.5 Å². The van der Waals surface area contributed by atoms with Crippen molar-refractivity contribution in [2.75, 3.05) is 0 Å². The summed E-state index contributed by atoms with van der Waals surface area (Å²) in [6, 6.07) is 27.6. The molecule has 0 amide bonds.